The van der Waals surface area contributed by atoms with Crippen molar-refractivity contribution >= 4 is 12.3 Å². The van der Waals surface area contributed by atoms with Gasteiger partial charge in [0.15, 0.2) is 17.4 Å². The molecule has 0 spiro atoms. The van der Waals surface area contributed by atoms with Crippen molar-refractivity contribution in [3.05, 3.63) is 65.7 Å². The van der Waals surface area contributed by atoms with Gasteiger partial charge in [0.25, 0.3) is 5.91 Å². The van der Waals surface area contributed by atoms with Crippen LogP contribution in [0.15, 0.2) is 54.1 Å². The summed E-state index contributed by atoms with van der Waals surface area (Å²) in [5, 5.41) is 14.2. The van der Waals surface area contributed by atoms with Crippen LogP contribution in [-0.2, 0) is 9.59 Å². The van der Waals surface area contributed by atoms with Gasteiger partial charge in [-0.25, -0.2) is 8.78 Å². The summed E-state index contributed by atoms with van der Waals surface area (Å²) in [5.74, 6) is -1.94. The number of unbranched alkanes of at least 4 members (excludes halogenated alkanes) is 1. The van der Waals surface area contributed by atoms with Gasteiger partial charge in [-0.05, 0) is 50.6 Å². The third-order valence-electron chi connectivity index (χ3n) is 5.02. The number of hydrogen-bond donors (Lipinski definition) is 3. The molecule has 1 aliphatic rings. The monoisotopic (exact) mass is 493 g/mol. The molecule has 9 heteroatoms. The molecular weight excluding hydrogens is 456 g/mol. The van der Waals surface area contributed by atoms with Gasteiger partial charge < -0.3 is 25.4 Å². The van der Waals surface area contributed by atoms with Crippen LogP contribution in [0.25, 0.3) is 0 Å². The molecule has 0 aliphatic carbocycles. The molecule has 2 amide bonds. The predicted octanol–water partition coefficient (Wildman–Crippen LogP) is 4.16. The van der Waals surface area contributed by atoms with E-state index in [-0.39, 0.29) is 30.9 Å². The third-order valence-corrected chi connectivity index (χ3v) is 5.02. The van der Waals surface area contributed by atoms with Gasteiger partial charge >= 0.3 is 0 Å². The Bertz CT molecular complexity index is 867. The molecular formula is C26H37F2N3O4. The van der Waals surface area contributed by atoms with Crippen molar-refractivity contribution in [2.45, 2.75) is 58.9 Å². The highest BCUT2D eigenvalue weighted by Crippen LogP contribution is 2.26. The Morgan fingerprint density at radius 2 is 1.97 bits per heavy atom. The highest BCUT2D eigenvalue weighted by molar-refractivity contribution is 5.91. The zero-order valence-corrected chi connectivity index (χ0v) is 20.7. The van der Waals surface area contributed by atoms with E-state index in [1.165, 1.54) is 12.1 Å². The number of hydrogen-bond acceptors (Lipinski definition) is 5. The lowest BCUT2D eigenvalue weighted by atomic mass is 10.2. The summed E-state index contributed by atoms with van der Waals surface area (Å²) in [6.45, 7) is 7.23. The second-order valence-corrected chi connectivity index (χ2v) is 7.94. The topological polar surface area (TPSA) is 90.9 Å². The average molecular weight is 494 g/mol. The van der Waals surface area contributed by atoms with E-state index >= 15 is 0 Å². The number of amides is 2. The maximum Gasteiger partial charge on any atom is 0.250 e. The smallest absolute Gasteiger partial charge is 0.250 e. The molecule has 3 N–H and O–H groups in total. The molecule has 1 aliphatic heterocycles. The van der Waals surface area contributed by atoms with Crippen LogP contribution in [0.3, 0.4) is 0 Å². The molecule has 0 bridgehead atoms. The molecule has 194 valence electrons. The van der Waals surface area contributed by atoms with Crippen molar-refractivity contribution in [3.63, 3.8) is 0 Å². The number of ether oxygens (including phenoxy) is 1. The zero-order valence-electron chi connectivity index (χ0n) is 20.7. The number of benzene rings is 1. The minimum atomic E-state index is -0.779. The van der Waals surface area contributed by atoms with Crippen LogP contribution in [0.4, 0.5) is 8.78 Å². The van der Waals surface area contributed by atoms with Crippen LogP contribution >= 0.6 is 0 Å². The Labute approximate surface area is 206 Å². The average Bonchev–Trinajstić information content (AvgIpc) is 3.20. The Hall–Kier alpha value is -3.20. The maximum atomic E-state index is 13.5. The predicted molar refractivity (Wildman–Crippen MR) is 132 cm³/mol. The fourth-order valence-corrected chi connectivity index (χ4v) is 3.19. The lowest BCUT2D eigenvalue weighted by Crippen LogP contribution is -2.35. The summed E-state index contributed by atoms with van der Waals surface area (Å²) in [6, 6.07) is 3.58. The molecule has 0 saturated heterocycles. The number of carbonyl (C=O) groups is 2. The van der Waals surface area contributed by atoms with Crippen LogP contribution < -0.4 is 15.4 Å². The molecule has 1 aromatic rings. The molecule has 7 nitrogen and oxygen atoms in total. The molecule has 0 fully saturated rings. The molecule has 2 rings (SSSR count). The second-order valence-electron chi connectivity index (χ2n) is 7.94. The first-order valence-corrected chi connectivity index (χ1v) is 11.9. The van der Waals surface area contributed by atoms with E-state index in [0.717, 1.165) is 56.5 Å². The quantitative estimate of drug-likeness (QED) is 0.206. The number of allylic oxidation sites excluding steroid dienone is 2. The van der Waals surface area contributed by atoms with Crippen LogP contribution in [0.5, 0.6) is 5.75 Å². The first-order valence-electron chi connectivity index (χ1n) is 11.9. The lowest BCUT2D eigenvalue weighted by Gasteiger charge is -2.24. The highest BCUT2D eigenvalue weighted by atomic mass is 19.1. The van der Waals surface area contributed by atoms with E-state index in [0.29, 0.717) is 6.41 Å². The van der Waals surface area contributed by atoms with Crippen molar-refractivity contribution < 1.29 is 28.2 Å². The van der Waals surface area contributed by atoms with Gasteiger partial charge in [-0.1, -0.05) is 38.8 Å². The van der Waals surface area contributed by atoms with E-state index < -0.39 is 17.4 Å². The Kier molecular flexibility index (Phi) is 14.7. The fraction of sp³-hybridized carbons (Fsp3) is 0.462. The molecule has 0 radical (unpaired) electrons. The zero-order chi connectivity index (χ0) is 26.1. The Balaban J connectivity index is 0.000000367. The number of nitrogens with zero attached hydrogens (tertiary/aromatic N) is 1. The van der Waals surface area contributed by atoms with Crippen LogP contribution in [0, 0.1) is 11.6 Å². The highest BCUT2D eigenvalue weighted by Gasteiger charge is 2.27. The number of rotatable bonds is 14. The van der Waals surface area contributed by atoms with Crippen molar-refractivity contribution in [2.24, 2.45) is 0 Å². The summed E-state index contributed by atoms with van der Waals surface area (Å²) in [4.78, 5) is 23.8. The largest absolute Gasteiger partial charge is 0.453 e. The van der Waals surface area contributed by atoms with E-state index in [4.69, 9.17) is 9.84 Å². The SMILES string of the molecule is CCC/C=C(/C=C\NCCCO)NC=O.CCCC(C)N1CC(Oc2c(F)cccc2F)=CC1=O. The number of para-hydroxylation sites is 1. The molecule has 0 aromatic heterocycles. The normalized spacial score (nSPS) is 14.3. The second kappa shape index (κ2) is 17.3. The van der Waals surface area contributed by atoms with E-state index in [9.17, 15) is 18.4 Å². The standard InChI is InChI=1S/C15H17F2NO2.C11H20N2O2/c1-3-5-10(2)18-9-11(8-14(18)19)20-15-12(16)6-4-7-13(15)17;1-2-3-5-11(13-10-15)6-8-12-7-4-9-14/h4,6-8,10H,3,5,9H2,1-2H3;5-6,8,10,12,14H,2-4,7,9H2,1H3,(H,13,15)/b;8-6-,11-5-. The fourth-order valence-electron chi connectivity index (χ4n) is 3.19. The van der Waals surface area contributed by atoms with Gasteiger partial charge in [0.2, 0.25) is 6.41 Å². The van der Waals surface area contributed by atoms with Gasteiger partial charge in [0, 0.05) is 31.0 Å². The van der Waals surface area contributed by atoms with Crippen molar-refractivity contribution in [3.8, 4) is 5.75 Å². The van der Waals surface area contributed by atoms with E-state index in [1.807, 2.05) is 19.9 Å². The van der Waals surface area contributed by atoms with E-state index in [2.05, 4.69) is 17.6 Å². The summed E-state index contributed by atoms with van der Waals surface area (Å²) >= 11 is 0. The molecule has 1 atom stereocenters. The Morgan fingerprint density at radius 1 is 1.26 bits per heavy atom. The number of nitrogens with one attached hydrogen (secondary N) is 2. The number of carbonyl (C=O) groups excluding carboxylic acids is 2. The van der Waals surface area contributed by atoms with Crippen molar-refractivity contribution in [1.29, 1.82) is 0 Å². The lowest BCUT2D eigenvalue weighted by molar-refractivity contribution is -0.126. The first-order chi connectivity index (χ1) is 16.9. The molecule has 35 heavy (non-hydrogen) atoms. The molecule has 1 heterocycles. The third kappa shape index (κ3) is 11.2. The summed E-state index contributed by atoms with van der Waals surface area (Å²) in [7, 11) is 0. The van der Waals surface area contributed by atoms with Crippen molar-refractivity contribution in [2.75, 3.05) is 19.7 Å². The summed E-state index contributed by atoms with van der Waals surface area (Å²) in [5.41, 5.74) is 0.795. The van der Waals surface area contributed by atoms with Crippen LogP contribution in [0.2, 0.25) is 0 Å². The van der Waals surface area contributed by atoms with Gasteiger partial charge in [0.05, 0.1) is 6.54 Å². The van der Waals surface area contributed by atoms with Crippen LogP contribution in [-0.4, -0.2) is 48.1 Å². The molecule has 0 saturated carbocycles. The number of aliphatic hydroxyl groups excluding tert-OH is 1. The minimum Gasteiger partial charge on any atom is -0.453 e. The molecule has 1 unspecified atom stereocenters. The maximum absolute atomic E-state index is 13.5. The van der Waals surface area contributed by atoms with Gasteiger partial charge in [0.1, 0.15) is 5.76 Å². The van der Waals surface area contributed by atoms with Gasteiger partial charge in [-0.15, -0.1) is 0 Å². The first kappa shape index (κ1) is 29.8. The Morgan fingerprint density at radius 3 is 2.57 bits per heavy atom. The minimum absolute atomic E-state index is 0.0790. The molecule has 1 aromatic carbocycles. The number of aliphatic hydroxyl groups is 1. The summed E-state index contributed by atoms with van der Waals surface area (Å²) < 4.78 is 32.2. The van der Waals surface area contributed by atoms with Gasteiger partial charge in [-0.2, -0.15) is 0 Å². The number of halogens is 2. The van der Waals surface area contributed by atoms with Crippen molar-refractivity contribution in [1.82, 2.24) is 15.5 Å². The van der Waals surface area contributed by atoms with E-state index in [1.54, 1.807) is 17.2 Å². The van der Waals surface area contributed by atoms with Crippen LogP contribution in [0.1, 0.15) is 52.9 Å². The summed E-state index contributed by atoms with van der Waals surface area (Å²) in [6.07, 6.45) is 12.1. The van der Waals surface area contributed by atoms with Gasteiger partial charge in [-0.3, -0.25) is 9.59 Å².